The molecule has 156 valence electrons. The quantitative estimate of drug-likeness (QED) is 0.587. The van der Waals surface area contributed by atoms with Crippen LogP contribution < -0.4 is 9.47 Å². The zero-order valence-corrected chi connectivity index (χ0v) is 16.2. The lowest BCUT2D eigenvalue weighted by atomic mass is 10.2. The van der Waals surface area contributed by atoms with E-state index in [0.717, 1.165) is 0 Å². The number of methoxy groups -OCH3 is 1. The molecule has 0 aliphatic carbocycles. The van der Waals surface area contributed by atoms with Gasteiger partial charge in [-0.05, 0) is 25.5 Å². The van der Waals surface area contributed by atoms with E-state index in [1.54, 1.807) is 6.92 Å². The first-order valence-electron chi connectivity index (χ1n) is 8.47. The molecule has 1 unspecified atom stereocenters. The fraction of sp³-hybridized carbons (Fsp3) is 0.529. The summed E-state index contributed by atoms with van der Waals surface area (Å²) in [4.78, 5) is 26.0. The first kappa shape index (κ1) is 21.9. The zero-order valence-electron chi connectivity index (χ0n) is 15.4. The fourth-order valence-electron chi connectivity index (χ4n) is 3.00. The number of carbonyl (C=O) groups excluding carboxylic acids is 2. The van der Waals surface area contributed by atoms with Crippen LogP contribution in [-0.4, -0.2) is 69.6 Å². The van der Waals surface area contributed by atoms with E-state index in [4.69, 9.17) is 9.47 Å². The summed E-state index contributed by atoms with van der Waals surface area (Å²) in [5.74, 6) is -2.34. The van der Waals surface area contributed by atoms with Gasteiger partial charge in [-0.25, -0.2) is 13.2 Å². The number of hydrogen-bond acceptors (Lipinski definition) is 7. The third kappa shape index (κ3) is 5.31. The van der Waals surface area contributed by atoms with Crippen molar-refractivity contribution in [2.45, 2.75) is 26.0 Å². The highest BCUT2D eigenvalue weighted by Gasteiger charge is 2.34. The fourth-order valence-corrected chi connectivity index (χ4v) is 4.73. The van der Waals surface area contributed by atoms with Gasteiger partial charge in [0.15, 0.2) is 27.9 Å². The van der Waals surface area contributed by atoms with Gasteiger partial charge < -0.3 is 19.1 Å². The molecule has 0 radical (unpaired) electrons. The normalized spacial score (nSPS) is 18.0. The van der Waals surface area contributed by atoms with Crippen LogP contribution in [0, 0.1) is 0 Å². The van der Waals surface area contributed by atoms with Crippen molar-refractivity contribution < 1.29 is 41.0 Å². The number of likely N-dealkylation sites (N-methyl/N-ethyl adjacent to an activating group) is 1. The Morgan fingerprint density at radius 2 is 2.04 bits per heavy atom. The van der Waals surface area contributed by atoms with Gasteiger partial charge in [-0.15, -0.1) is 0 Å². The maximum Gasteiger partial charge on any atom is 0.387 e. The number of halogens is 2. The predicted octanol–water partition coefficient (Wildman–Crippen LogP) is 1.49. The van der Waals surface area contributed by atoms with Crippen LogP contribution in [0.4, 0.5) is 8.78 Å². The highest BCUT2D eigenvalue weighted by atomic mass is 32.2. The second-order valence-corrected chi connectivity index (χ2v) is 8.26. The number of nitrogens with zero attached hydrogens (tertiary/aromatic N) is 1. The molecule has 1 saturated heterocycles. The summed E-state index contributed by atoms with van der Waals surface area (Å²) < 4.78 is 62.7. The number of amides is 1. The monoisotopic (exact) mass is 421 g/mol. The summed E-state index contributed by atoms with van der Waals surface area (Å²) in [7, 11) is -1.96. The molecule has 1 aliphatic rings. The van der Waals surface area contributed by atoms with Crippen molar-refractivity contribution in [1.82, 2.24) is 4.90 Å². The number of benzene rings is 1. The number of carbonyl (C=O) groups is 2. The molecule has 1 heterocycles. The Labute approximate surface area is 161 Å². The molecule has 1 aromatic rings. The number of para-hydroxylation sites is 1. The van der Waals surface area contributed by atoms with Crippen LogP contribution in [0.1, 0.15) is 23.7 Å². The van der Waals surface area contributed by atoms with Gasteiger partial charge in [-0.3, -0.25) is 4.79 Å². The van der Waals surface area contributed by atoms with Gasteiger partial charge in [0.25, 0.3) is 5.91 Å². The molecule has 0 saturated carbocycles. The minimum Gasteiger partial charge on any atom is -0.493 e. The van der Waals surface area contributed by atoms with Crippen LogP contribution in [0.2, 0.25) is 0 Å². The highest BCUT2D eigenvalue weighted by Crippen LogP contribution is 2.33. The lowest BCUT2D eigenvalue weighted by Gasteiger charge is -2.26. The molecule has 0 N–H and O–H groups in total. The standard InChI is InChI=1S/C17H21F2NO7S/c1-3-20(11-7-8-28(23,24)10-11)14(21)9-26-16(22)12-5-4-6-13(25-2)15(12)27-17(18)19/h4-6,11,17H,3,7-10H2,1-2H3. The molecular weight excluding hydrogens is 400 g/mol. The molecule has 11 heteroatoms. The number of ether oxygens (including phenoxy) is 3. The lowest BCUT2D eigenvalue weighted by molar-refractivity contribution is -0.136. The lowest BCUT2D eigenvalue weighted by Crippen LogP contribution is -2.43. The van der Waals surface area contributed by atoms with Crippen LogP contribution in [0.5, 0.6) is 11.5 Å². The van der Waals surface area contributed by atoms with E-state index in [9.17, 15) is 26.8 Å². The van der Waals surface area contributed by atoms with Crippen molar-refractivity contribution in [1.29, 1.82) is 0 Å². The Hall–Kier alpha value is -2.43. The number of esters is 1. The minimum absolute atomic E-state index is 0.000624. The topological polar surface area (TPSA) is 99.2 Å². The van der Waals surface area contributed by atoms with Crippen molar-refractivity contribution in [2.24, 2.45) is 0 Å². The average molecular weight is 421 g/mol. The summed E-state index contributed by atoms with van der Waals surface area (Å²) in [6.45, 7) is -1.92. The van der Waals surface area contributed by atoms with E-state index in [2.05, 4.69) is 4.74 Å². The summed E-state index contributed by atoms with van der Waals surface area (Å²) in [6, 6.07) is 3.44. The molecule has 2 rings (SSSR count). The maximum atomic E-state index is 12.6. The second-order valence-electron chi connectivity index (χ2n) is 6.03. The van der Waals surface area contributed by atoms with E-state index in [1.165, 1.54) is 30.2 Å². The molecule has 8 nitrogen and oxygen atoms in total. The first-order chi connectivity index (χ1) is 13.2. The van der Waals surface area contributed by atoms with Gasteiger partial charge in [-0.2, -0.15) is 8.78 Å². The highest BCUT2D eigenvalue weighted by molar-refractivity contribution is 7.91. The third-order valence-electron chi connectivity index (χ3n) is 4.26. The molecule has 0 bridgehead atoms. The minimum atomic E-state index is -3.19. The van der Waals surface area contributed by atoms with Crippen molar-refractivity contribution in [3.05, 3.63) is 23.8 Å². The van der Waals surface area contributed by atoms with Gasteiger partial charge in [0.2, 0.25) is 0 Å². The van der Waals surface area contributed by atoms with Crippen LogP contribution >= 0.6 is 0 Å². The van der Waals surface area contributed by atoms with Crippen molar-refractivity contribution >= 4 is 21.7 Å². The average Bonchev–Trinajstić information content (AvgIpc) is 2.99. The summed E-state index contributed by atoms with van der Waals surface area (Å²) in [5, 5.41) is 0. The number of sulfone groups is 1. The zero-order chi connectivity index (χ0) is 20.9. The van der Waals surface area contributed by atoms with E-state index in [1.807, 2.05) is 0 Å². The van der Waals surface area contributed by atoms with Crippen LogP contribution in [0.25, 0.3) is 0 Å². The van der Waals surface area contributed by atoms with E-state index < -0.39 is 46.7 Å². The Morgan fingerprint density at radius 1 is 1.32 bits per heavy atom. The Morgan fingerprint density at radius 3 is 2.57 bits per heavy atom. The molecule has 1 fully saturated rings. The number of rotatable bonds is 8. The largest absolute Gasteiger partial charge is 0.493 e. The first-order valence-corrected chi connectivity index (χ1v) is 10.3. The predicted molar refractivity (Wildman–Crippen MR) is 94.4 cm³/mol. The molecule has 1 aliphatic heterocycles. The summed E-state index contributed by atoms with van der Waals surface area (Å²) in [5.41, 5.74) is -0.320. The maximum absolute atomic E-state index is 12.6. The Balaban J connectivity index is 2.08. The Bertz CT molecular complexity index is 829. The molecule has 0 aromatic heterocycles. The van der Waals surface area contributed by atoms with Crippen molar-refractivity contribution in [2.75, 3.05) is 31.8 Å². The second kappa shape index (κ2) is 9.18. The van der Waals surface area contributed by atoms with Gasteiger partial charge in [0, 0.05) is 12.6 Å². The molecular formula is C17H21F2NO7S. The van der Waals surface area contributed by atoms with Gasteiger partial charge in [0.05, 0.1) is 18.6 Å². The summed E-state index contributed by atoms with van der Waals surface area (Å²) in [6.07, 6.45) is 0.318. The van der Waals surface area contributed by atoms with Crippen LogP contribution in [0.3, 0.4) is 0 Å². The molecule has 0 spiro atoms. The van der Waals surface area contributed by atoms with E-state index in [-0.39, 0.29) is 29.4 Å². The summed E-state index contributed by atoms with van der Waals surface area (Å²) >= 11 is 0. The molecule has 28 heavy (non-hydrogen) atoms. The van der Waals surface area contributed by atoms with Gasteiger partial charge >= 0.3 is 12.6 Å². The van der Waals surface area contributed by atoms with Crippen LogP contribution in [-0.2, 0) is 19.4 Å². The van der Waals surface area contributed by atoms with Crippen molar-refractivity contribution in [3.63, 3.8) is 0 Å². The van der Waals surface area contributed by atoms with E-state index >= 15 is 0 Å². The SMILES string of the molecule is CCN(C(=O)COC(=O)c1cccc(OC)c1OC(F)F)C1CCS(=O)(=O)C1. The number of alkyl halides is 2. The molecule has 1 aromatic carbocycles. The Kier molecular flexibility index (Phi) is 7.17. The van der Waals surface area contributed by atoms with Gasteiger partial charge in [-0.1, -0.05) is 6.07 Å². The van der Waals surface area contributed by atoms with Gasteiger partial charge in [0.1, 0.15) is 5.56 Å². The smallest absolute Gasteiger partial charge is 0.387 e. The molecule has 1 amide bonds. The molecule has 1 atom stereocenters. The van der Waals surface area contributed by atoms with E-state index in [0.29, 0.717) is 6.42 Å². The van der Waals surface area contributed by atoms with Crippen molar-refractivity contribution in [3.8, 4) is 11.5 Å². The number of hydrogen-bond donors (Lipinski definition) is 0. The third-order valence-corrected chi connectivity index (χ3v) is 6.01. The van der Waals surface area contributed by atoms with Crippen LogP contribution in [0.15, 0.2) is 18.2 Å².